The molecule has 87 heavy (non-hydrogen) atoms. The van der Waals surface area contributed by atoms with Gasteiger partial charge in [0.1, 0.15) is 0 Å². The summed E-state index contributed by atoms with van der Waals surface area (Å²) in [5.74, 6) is 0. The predicted molar refractivity (Wildman–Crippen MR) is 367 cm³/mol. The summed E-state index contributed by atoms with van der Waals surface area (Å²) in [6.45, 7) is 0.670. The zero-order valence-electron chi connectivity index (χ0n) is 47.5. The van der Waals surface area contributed by atoms with Crippen LogP contribution in [0.1, 0.15) is 5.56 Å². The van der Waals surface area contributed by atoms with Crippen LogP contribution in [0.25, 0.3) is 115 Å². The van der Waals surface area contributed by atoms with Crippen LogP contribution in [-0.4, -0.2) is 14.1 Å². The molecule has 0 N–H and O–H groups in total. The van der Waals surface area contributed by atoms with Gasteiger partial charge in [-0.3, -0.25) is 4.98 Å². The lowest BCUT2D eigenvalue weighted by molar-refractivity contribution is 0.867. The average molecular weight is 1110 g/mol. The molecule has 0 saturated heterocycles. The van der Waals surface area contributed by atoms with Gasteiger partial charge in [0.2, 0.25) is 0 Å². The van der Waals surface area contributed by atoms with Crippen molar-refractivity contribution >= 4 is 121 Å². The Morgan fingerprint density at radius 1 is 0.253 bits per heavy atom. The van der Waals surface area contributed by atoms with E-state index in [2.05, 4.69) is 328 Å². The molecule has 3 aromatic heterocycles. The Bertz CT molecular complexity index is 5110. The Labute approximate surface area is 503 Å². The number of pyridine rings is 1. The Kier molecular flexibility index (Phi) is 11.9. The van der Waals surface area contributed by atoms with Crippen LogP contribution >= 0.6 is 0 Å². The van der Waals surface area contributed by atoms with Gasteiger partial charge in [-0.2, -0.15) is 0 Å². The van der Waals surface area contributed by atoms with Crippen LogP contribution < -0.4 is 9.80 Å². The van der Waals surface area contributed by atoms with Crippen molar-refractivity contribution in [1.82, 2.24) is 14.1 Å². The molecule has 0 fully saturated rings. The maximum absolute atomic E-state index is 5.20. The lowest BCUT2D eigenvalue weighted by Crippen LogP contribution is -2.14. The van der Waals surface area contributed by atoms with Crippen molar-refractivity contribution in [3.05, 3.63) is 327 Å². The summed E-state index contributed by atoms with van der Waals surface area (Å²) in [6.07, 6.45) is 4.07. The third-order valence-electron chi connectivity index (χ3n) is 17.6. The van der Waals surface area contributed by atoms with Crippen LogP contribution in [0.3, 0.4) is 0 Å². The molecule has 14 aromatic carbocycles. The molecule has 0 atom stereocenters. The van der Waals surface area contributed by atoms with E-state index in [9.17, 15) is 0 Å². The number of hydrogen-bond donors (Lipinski definition) is 0. The highest BCUT2D eigenvalue weighted by molar-refractivity contribution is 6.10. The maximum Gasteiger partial charge on any atom is 0.0541 e. The van der Waals surface area contributed by atoms with E-state index >= 15 is 0 Å². The zero-order valence-corrected chi connectivity index (χ0v) is 47.5. The highest BCUT2D eigenvalue weighted by Crippen LogP contribution is 2.46. The number of fused-ring (bicyclic) bond motifs is 10. The molecule has 0 unspecified atom stereocenters. The normalized spacial score (nSPS) is 11.7. The summed E-state index contributed by atoms with van der Waals surface area (Å²) in [5.41, 5.74) is 17.4. The SMILES string of the molecule is c1ccc2cc(N(c3cc(-c4cncc(-c5cc(Cn6c7ccccc7c7ccccc76)cc(-n6c7ccccc7c7ccccc76)c5)c4)cc(N(c4ccc5ccccc5c4)c4ccc5ccccc5c4)c3)c3ccc4ccccc4c3)ccc2c1. The number of hydrogen-bond acceptors (Lipinski definition) is 3. The highest BCUT2D eigenvalue weighted by Gasteiger charge is 2.23. The summed E-state index contributed by atoms with van der Waals surface area (Å²) in [7, 11) is 0. The Hall–Kier alpha value is -11.5. The van der Waals surface area contributed by atoms with Crippen molar-refractivity contribution in [2.24, 2.45) is 0 Å². The predicted octanol–water partition coefficient (Wildman–Crippen LogP) is 22.2. The lowest BCUT2D eigenvalue weighted by atomic mass is 9.98. The third kappa shape index (κ3) is 8.83. The quantitative estimate of drug-likeness (QED) is 0.129. The maximum atomic E-state index is 5.20. The fraction of sp³-hybridized carbons (Fsp3) is 0.0122. The van der Waals surface area contributed by atoms with E-state index in [1.54, 1.807) is 0 Å². The number of nitrogens with zero attached hydrogens (tertiary/aromatic N) is 5. The first-order valence-electron chi connectivity index (χ1n) is 29.8. The second kappa shape index (κ2) is 20.7. The van der Waals surface area contributed by atoms with Crippen molar-refractivity contribution in [2.75, 3.05) is 9.80 Å². The molecule has 5 nitrogen and oxygen atoms in total. The molecule has 0 aliphatic carbocycles. The molecule has 17 rings (SSSR count). The fourth-order valence-electron chi connectivity index (χ4n) is 13.6. The number of benzene rings is 14. The Morgan fingerprint density at radius 2 is 0.598 bits per heavy atom. The molecule has 5 heteroatoms. The minimum Gasteiger partial charge on any atom is -0.336 e. The molecule has 17 aromatic rings. The van der Waals surface area contributed by atoms with Crippen molar-refractivity contribution in [3.63, 3.8) is 0 Å². The Balaban J connectivity index is 0.902. The van der Waals surface area contributed by atoms with Crippen molar-refractivity contribution in [3.8, 4) is 27.9 Å². The molecule has 0 bridgehead atoms. The molecule has 0 saturated carbocycles. The summed E-state index contributed by atoms with van der Waals surface area (Å²) >= 11 is 0. The molecule has 0 radical (unpaired) electrons. The van der Waals surface area contributed by atoms with Gasteiger partial charge in [0.05, 0.1) is 11.0 Å². The largest absolute Gasteiger partial charge is 0.336 e. The molecule has 0 aliphatic heterocycles. The molecule has 3 heterocycles. The summed E-state index contributed by atoms with van der Waals surface area (Å²) in [4.78, 5) is 10.1. The van der Waals surface area contributed by atoms with Gasteiger partial charge in [0.25, 0.3) is 0 Å². The number of anilines is 6. The second-order valence-electron chi connectivity index (χ2n) is 22.9. The van der Waals surface area contributed by atoms with Crippen LogP contribution in [0.15, 0.2) is 322 Å². The molecular formula is C82H55N5. The van der Waals surface area contributed by atoms with E-state index in [1.165, 1.54) is 92.3 Å². The van der Waals surface area contributed by atoms with E-state index in [1.807, 2.05) is 12.4 Å². The summed E-state index contributed by atoms with van der Waals surface area (Å²) < 4.78 is 4.92. The van der Waals surface area contributed by atoms with Crippen LogP contribution in [0.4, 0.5) is 34.1 Å². The number of para-hydroxylation sites is 4. The van der Waals surface area contributed by atoms with Crippen molar-refractivity contribution < 1.29 is 0 Å². The molecule has 0 amide bonds. The number of aromatic nitrogens is 3. The van der Waals surface area contributed by atoms with E-state index in [-0.39, 0.29) is 0 Å². The van der Waals surface area contributed by atoms with Crippen molar-refractivity contribution in [1.29, 1.82) is 0 Å². The first-order chi connectivity index (χ1) is 43.1. The summed E-state index contributed by atoms with van der Waals surface area (Å²) in [5, 5.41) is 14.4. The van der Waals surface area contributed by atoms with Crippen LogP contribution in [-0.2, 0) is 6.54 Å². The zero-order chi connectivity index (χ0) is 57.4. The van der Waals surface area contributed by atoms with E-state index in [0.717, 1.165) is 62.1 Å². The van der Waals surface area contributed by atoms with Gasteiger partial charge >= 0.3 is 0 Å². The fourth-order valence-corrected chi connectivity index (χ4v) is 13.6. The Morgan fingerprint density at radius 3 is 1.01 bits per heavy atom. The molecule has 0 aliphatic rings. The van der Waals surface area contributed by atoms with Crippen LogP contribution in [0, 0.1) is 0 Å². The third-order valence-corrected chi connectivity index (χ3v) is 17.6. The first-order valence-corrected chi connectivity index (χ1v) is 29.8. The van der Waals surface area contributed by atoms with E-state index in [4.69, 9.17) is 4.98 Å². The van der Waals surface area contributed by atoms with E-state index in [0.29, 0.717) is 6.54 Å². The van der Waals surface area contributed by atoms with Gasteiger partial charge in [-0.25, -0.2) is 0 Å². The van der Waals surface area contributed by atoms with Crippen molar-refractivity contribution in [2.45, 2.75) is 6.54 Å². The lowest BCUT2D eigenvalue weighted by Gasteiger charge is -2.31. The minimum atomic E-state index is 0.670. The molecule has 408 valence electrons. The molecular weight excluding hydrogens is 1050 g/mol. The van der Waals surface area contributed by atoms with Crippen LogP contribution in [0.5, 0.6) is 0 Å². The second-order valence-corrected chi connectivity index (χ2v) is 22.9. The van der Waals surface area contributed by atoms with Gasteiger partial charge in [-0.05, 0) is 175 Å². The summed E-state index contributed by atoms with van der Waals surface area (Å²) in [6, 6.07) is 114. The minimum absolute atomic E-state index is 0.670. The highest BCUT2D eigenvalue weighted by atomic mass is 15.2. The van der Waals surface area contributed by atoms with Gasteiger partial charge in [0.15, 0.2) is 0 Å². The van der Waals surface area contributed by atoms with E-state index < -0.39 is 0 Å². The topological polar surface area (TPSA) is 29.2 Å². The van der Waals surface area contributed by atoms with Gasteiger partial charge in [0, 0.05) is 102 Å². The first kappa shape index (κ1) is 50.0. The van der Waals surface area contributed by atoms with Crippen LogP contribution in [0.2, 0.25) is 0 Å². The monoisotopic (exact) mass is 1110 g/mol. The van der Waals surface area contributed by atoms with Gasteiger partial charge in [-0.1, -0.05) is 194 Å². The standard InChI is InChI=1S/C82H55N5/c1-5-21-60-44-68(37-33-56(60)17-1)85(69-38-34-57-18-2-6-22-61(57)45-69)73-49-65(50-74(51-73)86(70-39-35-58-19-3-7-23-62(58)46-70)71-40-36-59-20-4-8-24-63(59)47-71)67-43-66(52-83-53-67)64-41-55(54-84-79-29-13-9-25-75(79)76-26-10-14-30-80(76)84)42-72(48-64)87-81-31-15-11-27-77(81)78-28-12-16-32-82(78)87/h1-53H,54H2. The van der Waals surface area contributed by atoms with Gasteiger partial charge < -0.3 is 18.9 Å². The number of rotatable bonds is 11. The smallest absolute Gasteiger partial charge is 0.0541 e. The van der Waals surface area contributed by atoms with Gasteiger partial charge in [-0.15, -0.1) is 0 Å². The molecule has 0 spiro atoms. The average Bonchev–Trinajstić information content (AvgIpc) is 2.04.